The summed E-state index contributed by atoms with van der Waals surface area (Å²) in [6.07, 6.45) is 0. The van der Waals surface area contributed by atoms with Crippen molar-refractivity contribution in [3.05, 3.63) is 158 Å². The van der Waals surface area contributed by atoms with Crippen LogP contribution in [0.15, 0.2) is 167 Å². The number of aromatic hydroxyl groups is 5. The lowest BCUT2D eigenvalue weighted by atomic mass is 9.98. The summed E-state index contributed by atoms with van der Waals surface area (Å²) < 4.78 is 12.7. The number of rotatable bonds is 6. The summed E-state index contributed by atoms with van der Waals surface area (Å²) in [6.45, 7) is 0. The standard InChI is InChI=1S/C48H31NO7/c50-43-41(44(51)46(53)47(54)45(43)52)30-17-15-27(16-18-30)28-19-23-31(24-20-28)49(37-11-6-14-40-42(37)36-8-2-4-13-39(36)55-40)32-25-21-29(22-26-32)33-9-5-10-35-34-7-1-3-12-38(34)56-48(33)35/h1-26,50-54H. The fourth-order valence-electron chi connectivity index (χ4n) is 7.73. The van der Waals surface area contributed by atoms with Crippen molar-refractivity contribution in [1.82, 2.24) is 0 Å². The number of phenolic OH excluding ortho intramolecular Hbond substituents is 5. The molecular weight excluding hydrogens is 703 g/mol. The average molecular weight is 734 g/mol. The average Bonchev–Trinajstić information content (AvgIpc) is 3.82. The van der Waals surface area contributed by atoms with Crippen molar-refractivity contribution >= 4 is 60.9 Å². The van der Waals surface area contributed by atoms with Gasteiger partial charge in [-0.15, -0.1) is 0 Å². The molecule has 0 fully saturated rings. The van der Waals surface area contributed by atoms with Crippen LogP contribution in [0.5, 0.6) is 28.7 Å². The highest BCUT2D eigenvalue weighted by Crippen LogP contribution is 2.55. The second-order valence-electron chi connectivity index (χ2n) is 13.7. The van der Waals surface area contributed by atoms with E-state index in [9.17, 15) is 25.5 Å². The van der Waals surface area contributed by atoms with Gasteiger partial charge >= 0.3 is 0 Å². The van der Waals surface area contributed by atoms with Crippen molar-refractivity contribution in [3.8, 4) is 62.1 Å². The Bertz CT molecular complexity index is 3100. The van der Waals surface area contributed by atoms with Crippen molar-refractivity contribution in [2.24, 2.45) is 0 Å². The maximum Gasteiger partial charge on any atom is 0.208 e. The molecule has 0 aliphatic heterocycles. The van der Waals surface area contributed by atoms with Gasteiger partial charge in [-0.2, -0.15) is 0 Å². The van der Waals surface area contributed by atoms with E-state index in [0.717, 1.165) is 83.2 Å². The van der Waals surface area contributed by atoms with Crippen molar-refractivity contribution in [3.63, 3.8) is 0 Å². The van der Waals surface area contributed by atoms with Gasteiger partial charge in [0.25, 0.3) is 0 Å². The molecule has 0 saturated heterocycles. The van der Waals surface area contributed by atoms with Gasteiger partial charge in [-0.3, -0.25) is 0 Å². The van der Waals surface area contributed by atoms with Gasteiger partial charge in [0.2, 0.25) is 17.2 Å². The number of fused-ring (bicyclic) bond motifs is 6. The summed E-state index contributed by atoms with van der Waals surface area (Å²) in [5.41, 5.74) is 10.1. The Morgan fingerprint density at radius 2 is 0.839 bits per heavy atom. The van der Waals surface area contributed by atoms with E-state index in [0.29, 0.717) is 5.56 Å². The lowest BCUT2D eigenvalue weighted by Crippen LogP contribution is -2.10. The molecule has 0 unspecified atom stereocenters. The maximum absolute atomic E-state index is 10.5. The largest absolute Gasteiger partial charge is 0.504 e. The van der Waals surface area contributed by atoms with Gasteiger partial charge in [-0.1, -0.05) is 109 Å². The third kappa shape index (κ3) is 5.08. The monoisotopic (exact) mass is 733 g/mol. The minimum atomic E-state index is -0.997. The Balaban J connectivity index is 1.06. The van der Waals surface area contributed by atoms with E-state index in [1.807, 2.05) is 72.8 Å². The number of hydrogen-bond acceptors (Lipinski definition) is 8. The SMILES string of the molecule is Oc1c(O)c(O)c(-c2ccc(-c3ccc(N(c4ccc(-c5cccc6c5oc5ccccc56)cc4)c4cccc5oc6ccccc6c45)cc3)cc2)c(O)c1O. The van der Waals surface area contributed by atoms with Crippen LogP contribution >= 0.6 is 0 Å². The molecule has 8 aromatic carbocycles. The molecule has 5 N–H and O–H groups in total. The molecule has 8 nitrogen and oxygen atoms in total. The third-order valence-electron chi connectivity index (χ3n) is 10.5. The van der Waals surface area contributed by atoms with Crippen molar-refractivity contribution in [2.75, 3.05) is 4.90 Å². The topological polar surface area (TPSA) is 131 Å². The number of anilines is 3. The van der Waals surface area contributed by atoms with Gasteiger partial charge in [0.05, 0.1) is 16.6 Å². The highest BCUT2D eigenvalue weighted by molar-refractivity contribution is 6.13. The molecule has 2 heterocycles. The van der Waals surface area contributed by atoms with Crippen molar-refractivity contribution in [1.29, 1.82) is 0 Å². The first-order chi connectivity index (χ1) is 27.4. The number of hydrogen-bond donors (Lipinski definition) is 5. The third-order valence-corrected chi connectivity index (χ3v) is 10.5. The Morgan fingerprint density at radius 3 is 1.50 bits per heavy atom. The Labute approximate surface area is 319 Å². The van der Waals surface area contributed by atoms with E-state index < -0.39 is 28.7 Å². The molecule has 2 aromatic heterocycles. The minimum absolute atomic E-state index is 0.198. The van der Waals surface area contributed by atoms with Gasteiger partial charge < -0.3 is 39.3 Å². The molecule has 0 amide bonds. The number of benzene rings is 8. The number of phenols is 5. The van der Waals surface area contributed by atoms with E-state index in [-0.39, 0.29) is 5.56 Å². The highest BCUT2D eigenvalue weighted by atomic mass is 16.4. The van der Waals surface area contributed by atoms with E-state index in [2.05, 4.69) is 77.7 Å². The highest BCUT2D eigenvalue weighted by Gasteiger charge is 2.25. The molecule has 8 heteroatoms. The summed E-state index contributed by atoms with van der Waals surface area (Å²) in [4.78, 5) is 2.22. The summed E-state index contributed by atoms with van der Waals surface area (Å²) >= 11 is 0. The van der Waals surface area contributed by atoms with E-state index in [1.165, 1.54) is 0 Å². The Kier molecular flexibility index (Phi) is 7.40. The first kappa shape index (κ1) is 32.8. The first-order valence-electron chi connectivity index (χ1n) is 18.0. The molecule has 56 heavy (non-hydrogen) atoms. The molecular formula is C48H31NO7. The van der Waals surface area contributed by atoms with Crippen LogP contribution in [0.25, 0.3) is 77.3 Å². The number of furan rings is 2. The van der Waals surface area contributed by atoms with Crippen molar-refractivity contribution < 1.29 is 34.4 Å². The zero-order valence-corrected chi connectivity index (χ0v) is 29.5. The van der Waals surface area contributed by atoms with Gasteiger partial charge in [0.1, 0.15) is 22.3 Å². The predicted molar refractivity (Wildman–Crippen MR) is 220 cm³/mol. The van der Waals surface area contributed by atoms with E-state index >= 15 is 0 Å². The molecule has 0 saturated carbocycles. The smallest absolute Gasteiger partial charge is 0.208 e. The van der Waals surface area contributed by atoms with Gasteiger partial charge in [0, 0.05) is 33.1 Å². The molecule has 0 atom stereocenters. The van der Waals surface area contributed by atoms with Crippen LogP contribution in [0.2, 0.25) is 0 Å². The lowest BCUT2D eigenvalue weighted by molar-refractivity contribution is 0.330. The fourth-order valence-corrected chi connectivity index (χ4v) is 7.73. The van der Waals surface area contributed by atoms with Crippen LogP contribution in [0.4, 0.5) is 17.1 Å². The molecule has 0 spiro atoms. The molecule has 0 aliphatic rings. The maximum atomic E-state index is 10.5. The number of nitrogens with zero attached hydrogens (tertiary/aromatic N) is 1. The lowest BCUT2D eigenvalue weighted by Gasteiger charge is -2.26. The van der Waals surface area contributed by atoms with Gasteiger partial charge in [-0.25, -0.2) is 0 Å². The van der Waals surface area contributed by atoms with Crippen LogP contribution in [0.1, 0.15) is 0 Å². The van der Waals surface area contributed by atoms with E-state index in [1.54, 1.807) is 12.1 Å². The second kappa shape index (κ2) is 12.6. The first-order valence-corrected chi connectivity index (χ1v) is 18.0. The van der Waals surface area contributed by atoms with Crippen molar-refractivity contribution in [2.45, 2.75) is 0 Å². The van der Waals surface area contributed by atoms with Crippen LogP contribution in [-0.2, 0) is 0 Å². The zero-order valence-electron chi connectivity index (χ0n) is 29.5. The summed E-state index contributed by atoms with van der Waals surface area (Å²) in [5, 5.41) is 55.0. The van der Waals surface area contributed by atoms with Crippen LogP contribution in [0.3, 0.4) is 0 Å². The van der Waals surface area contributed by atoms with Gasteiger partial charge in [-0.05, 0) is 70.8 Å². The summed E-state index contributed by atoms with van der Waals surface area (Å²) in [6, 6.07) is 52.0. The second-order valence-corrected chi connectivity index (χ2v) is 13.7. The molecule has 10 rings (SSSR count). The van der Waals surface area contributed by atoms with Crippen LogP contribution in [-0.4, -0.2) is 25.5 Å². The predicted octanol–water partition coefficient (Wildman–Crippen LogP) is 12.5. The van der Waals surface area contributed by atoms with Gasteiger partial charge in [0.15, 0.2) is 11.5 Å². The summed E-state index contributed by atoms with van der Waals surface area (Å²) in [5.74, 6) is -4.32. The van der Waals surface area contributed by atoms with Crippen LogP contribution in [0, 0.1) is 0 Å². The zero-order chi connectivity index (χ0) is 38.1. The fraction of sp³-hybridized carbons (Fsp3) is 0. The number of para-hydroxylation sites is 3. The van der Waals surface area contributed by atoms with Crippen LogP contribution < -0.4 is 4.90 Å². The Morgan fingerprint density at radius 1 is 0.357 bits per heavy atom. The molecule has 0 aliphatic carbocycles. The molecule has 0 radical (unpaired) electrons. The Hall–Kier alpha value is -7.84. The summed E-state index contributed by atoms with van der Waals surface area (Å²) in [7, 11) is 0. The van der Waals surface area contributed by atoms with E-state index in [4.69, 9.17) is 8.83 Å². The molecule has 270 valence electrons. The normalized spacial score (nSPS) is 11.6. The molecule has 0 bridgehead atoms. The minimum Gasteiger partial charge on any atom is -0.504 e. The molecule has 10 aromatic rings. The quantitative estimate of drug-likeness (QED) is 0.0843.